The SMILES string of the molecule is O=C(Nc1cc(Cl)ccc1Br)c1c(Cl)cccc1[N+](=O)[O-]. The second-order valence-electron chi connectivity index (χ2n) is 3.97. The van der Waals surface area contributed by atoms with Crippen LogP contribution in [-0.2, 0) is 0 Å². The molecular formula is C13H7BrCl2N2O3. The molecule has 0 aliphatic heterocycles. The predicted molar refractivity (Wildman–Crippen MR) is 85.2 cm³/mol. The standard InChI is InChI=1S/C13H7BrCl2N2O3/c14-8-5-4-7(15)6-10(8)17-13(19)12-9(16)2-1-3-11(12)18(20)21/h1-6H,(H,17,19). The minimum absolute atomic E-state index is 0.000138. The Kier molecular flexibility index (Phi) is 4.82. The maximum atomic E-state index is 12.3. The number of nitro benzene ring substituents is 1. The third kappa shape index (κ3) is 3.53. The zero-order chi connectivity index (χ0) is 15.6. The molecule has 21 heavy (non-hydrogen) atoms. The van der Waals surface area contributed by atoms with Gasteiger partial charge in [0, 0.05) is 15.6 Å². The van der Waals surface area contributed by atoms with Gasteiger partial charge in [-0.15, -0.1) is 0 Å². The summed E-state index contributed by atoms with van der Waals surface area (Å²) in [6.45, 7) is 0. The third-order valence-corrected chi connectivity index (χ3v) is 3.83. The van der Waals surface area contributed by atoms with E-state index in [0.29, 0.717) is 15.2 Å². The second-order valence-corrected chi connectivity index (χ2v) is 5.67. The first-order chi connectivity index (χ1) is 9.90. The zero-order valence-electron chi connectivity index (χ0n) is 10.3. The van der Waals surface area contributed by atoms with Crippen LogP contribution >= 0.6 is 39.1 Å². The van der Waals surface area contributed by atoms with Crippen LogP contribution in [0.5, 0.6) is 0 Å². The van der Waals surface area contributed by atoms with E-state index in [0.717, 1.165) is 0 Å². The van der Waals surface area contributed by atoms with E-state index in [4.69, 9.17) is 23.2 Å². The highest BCUT2D eigenvalue weighted by Crippen LogP contribution is 2.30. The van der Waals surface area contributed by atoms with Gasteiger partial charge >= 0.3 is 0 Å². The molecule has 0 aliphatic carbocycles. The molecule has 2 aromatic carbocycles. The first-order valence-corrected chi connectivity index (χ1v) is 7.14. The van der Waals surface area contributed by atoms with Gasteiger partial charge in [0.15, 0.2) is 0 Å². The van der Waals surface area contributed by atoms with Crippen LogP contribution in [0, 0.1) is 10.1 Å². The van der Waals surface area contributed by atoms with Crippen molar-refractivity contribution in [2.24, 2.45) is 0 Å². The molecule has 1 amide bonds. The molecule has 0 spiro atoms. The molecule has 0 aliphatic rings. The van der Waals surface area contributed by atoms with Gasteiger partial charge in [0.05, 0.1) is 15.6 Å². The number of hydrogen-bond donors (Lipinski definition) is 1. The van der Waals surface area contributed by atoms with Gasteiger partial charge in [-0.05, 0) is 40.2 Å². The van der Waals surface area contributed by atoms with E-state index in [1.165, 1.54) is 24.3 Å². The van der Waals surface area contributed by atoms with Gasteiger partial charge < -0.3 is 5.32 Å². The minimum Gasteiger partial charge on any atom is -0.321 e. The lowest BCUT2D eigenvalue weighted by atomic mass is 10.1. The smallest absolute Gasteiger partial charge is 0.283 e. The second kappa shape index (κ2) is 6.43. The number of carbonyl (C=O) groups is 1. The predicted octanol–water partition coefficient (Wildman–Crippen LogP) is 4.92. The number of anilines is 1. The Morgan fingerprint density at radius 1 is 1.24 bits per heavy atom. The van der Waals surface area contributed by atoms with E-state index in [1.54, 1.807) is 12.1 Å². The average Bonchev–Trinajstić information content (AvgIpc) is 2.42. The number of hydrogen-bond acceptors (Lipinski definition) is 3. The highest BCUT2D eigenvalue weighted by atomic mass is 79.9. The molecule has 0 fully saturated rings. The van der Waals surface area contributed by atoms with Gasteiger partial charge in [0.25, 0.3) is 11.6 Å². The largest absolute Gasteiger partial charge is 0.321 e. The summed E-state index contributed by atoms with van der Waals surface area (Å²) in [6, 6.07) is 8.85. The molecule has 5 nitrogen and oxygen atoms in total. The lowest BCUT2D eigenvalue weighted by Gasteiger charge is -2.09. The van der Waals surface area contributed by atoms with E-state index >= 15 is 0 Å². The maximum Gasteiger partial charge on any atom is 0.283 e. The Labute approximate surface area is 138 Å². The van der Waals surface area contributed by atoms with Crippen molar-refractivity contribution in [2.45, 2.75) is 0 Å². The number of nitrogens with one attached hydrogen (secondary N) is 1. The summed E-state index contributed by atoms with van der Waals surface area (Å²) in [5.41, 5.74) is -0.170. The number of rotatable bonds is 3. The fourth-order valence-corrected chi connectivity index (χ4v) is 2.44. The fraction of sp³-hybridized carbons (Fsp3) is 0. The van der Waals surface area contributed by atoms with E-state index in [2.05, 4.69) is 21.2 Å². The van der Waals surface area contributed by atoms with Crippen LogP contribution < -0.4 is 5.32 Å². The van der Waals surface area contributed by atoms with E-state index in [-0.39, 0.29) is 16.3 Å². The van der Waals surface area contributed by atoms with Gasteiger partial charge in [0.2, 0.25) is 0 Å². The molecule has 1 N–H and O–H groups in total. The third-order valence-electron chi connectivity index (χ3n) is 2.59. The van der Waals surface area contributed by atoms with Crippen LogP contribution in [0.25, 0.3) is 0 Å². The Morgan fingerprint density at radius 3 is 2.62 bits per heavy atom. The average molecular weight is 390 g/mol. The number of benzene rings is 2. The highest BCUT2D eigenvalue weighted by Gasteiger charge is 2.23. The van der Waals surface area contributed by atoms with Crippen LogP contribution in [0.4, 0.5) is 11.4 Å². The topological polar surface area (TPSA) is 72.2 Å². The first-order valence-electron chi connectivity index (χ1n) is 5.59. The van der Waals surface area contributed by atoms with Gasteiger partial charge in [-0.2, -0.15) is 0 Å². The molecule has 0 aromatic heterocycles. The summed E-state index contributed by atoms with van der Waals surface area (Å²) in [7, 11) is 0. The summed E-state index contributed by atoms with van der Waals surface area (Å²) in [6.07, 6.45) is 0. The van der Waals surface area contributed by atoms with Crippen molar-refractivity contribution < 1.29 is 9.72 Å². The van der Waals surface area contributed by atoms with Crippen LogP contribution in [0.1, 0.15) is 10.4 Å². The fourth-order valence-electron chi connectivity index (χ4n) is 1.67. The summed E-state index contributed by atoms with van der Waals surface area (Å²) >= 11 is 15.0. The Morgan fingerprint density at radius 2 is 1.95 bits per heavy atom. The number of amides is 1. The zero-order valence-corrected chi connectivity index (χ0v) is 13.4. The lowest BCUT2D eigenvalue weighted by molar-refractivity contribution is -0.385. The van der Waals surface area contributed by atoms with Crippen molar-refractivity contribution in [1.29, 1.82) is 0 Å². The summed E-state index contributed by atoms with van der Waals surface area (Å²) < 4.78 is 0.593. The van der Waals surface area contributed by atoms with Crippen LogP contribution in [0.15, 0.2) is 40.9 Å². The van der Waals surface area contributed by atoms with Crippen molar-refractivity contribution in [2.75, 3.05) is 5.32 Å². The molecule has 108 valence electrons. The molecule has 0 atom stereocenters. The van der Waals surface area contributed by atoms with Crippen LogP contribution in [0.3, 0.4) is 0 Å². The highest BCUT2D eigenvalue weighted by molar-refractivity contribution is 9.10. The van der Waals surface area contributed by atoms with Crippen molar-refractivity contribution >= 4 is 56.4 Å². The monoisotopic (exact) mass is 388 g/mol. The van der Waals surface area contributed by atoms with E-state index in [9.17, 15) is 14.9 Å². The van der Waals surface area contributed by atoms with Crippen molar-refractivity contribution in [1.82, 2.24) is 0 Å². The van der Waals surface area contributed by atoms with Crippen molar-refractivity contribution in [3.05, 3.63) is 66.6 Å². The first kappa shape index (κ1) is 15.8. The molecule has 0 unspecified atom stereocenters. The van der Waals surface area contributed by atoms with Crippen LogP contribution in [0.2, 0.25) is 10.0 Å². The molecule has 2 aromatic rings. The van der Waals surface area contributed by atoms with Crippen molar-refractivity contribution in [3.63, 3.8) is 0 Å². The van der Waals surface area contributed by atoms with Gasteiger partial charge in [-0.25, -0.2) is 0 Å². The Balaban J connectivity index is 2.42. The van der Waals surface area contributed by atoms with Crippen LogP contribution in [-0.4, -0.2) is 10.8 Å². The molecule has 2 rings (SSSR count). The maximum absolute atomic E-state index is 12.3. The number of nitro groups is 1. The molecule has 8 heteroatoms. The summed E-state index contributed by atoms with van der Waals surface area (Å²) in [5, 5.41) is 14.0. The Hall–Kier alpha value is -1.63. The van der Waals surface area contributed by atoms with E-state index < -0.39 is 10.8 Å². The molecule has 0 saturated carbocycles. The normalized spacial score (nSPS) is 10.2. The number of nitrogens with zero attached hydrogens (tertiary/aromatic N) is 1. The van der Waals surface area contributed by atoms with E-state index in [1.807, 2.05) is 0 Å². The summed E-state index contributed by atoms with van der Waals surface area (Å²) in [5.74, 6) is -0.685. The number of carbonyl (C=O) groups excluding carboxylic acids is 1. The molecule has 0 heterocycles. The molecular weight excluding hydrogens is 383 g/mol. The summed E-state index contributed by atoms with van der Waals surface area (Å²) in [4.78, 5) is 22.6. The van der Waals surface area contributed by atoms with Gasteiger partial charge in [-0.3, -0.25) is 14.9 Å². The molecule has 0 radical (unpaired) electrons. The van der Waals surface area contributed by atoms with Crippen molar-refractivity contribution in [3.8, 4) is 0 Å². The quantitative estimate of drug-likeness (QED) is 0.598. The Bertz CT molecular complexity index is 737. The van der Waals surface area contributed by atoms with Gasteiger partial charge in [-0.1, -0.05) is 29.3 Å². The number of halogens is 3. The van der Waals surface area contributed by atoms with Gasteiger partial charge in [0.1, 0.15) is 5.56 Å². The lowest BCUT2D eigenvalue weighted by Crippen LogP contribution is -2.15. The molecule has 0 bridgehead atoms. The minimum atomic E-state index is -0.685. The molecule has 0 saturated heterocycles.